The second-order valence-electron chi connectivity index (χ2n) is 11.3. The molecular formula is C28H32F3N5O3S. The highest BCUT2D eigenvalue weighted by Crippen LogP contribution is 2.59. The van der Waals surface area contributed by atoms with Gasteiger partial charge in [0, 0.05) is 29.2 Å². The highest BCUT2D eigenvalue weighted by Gasteiger charge is 2.62. The topological polar surface area (TPSA) is 92.5 Å². The van der Waals surface area contributed by atoms with Gasteiger partial charge in [-0.05, 0) is 93.8 Å². The SMILES string of the molecule is CC1CN(c2nc(-n3ccc(OCCC4(C(F)(F)F)CC4)n3)ccc2C(=O)NSc2ccc(O)cc2)C(C)(C)C1. The van der Waals surface area contributed by atoms with E-state index in [-0.39, 0.29) is 48.9 Å². The summed E-state index contributed by atoms with van der Waals surface area (Å²) in [6.45, 7) is 7.04. The normalized spacial score (nSPS) is 19.4. The molecule has 1 aliphatic heterocycles. The zero-order valence-electron chi connectivity index (χ0n) is 22.5. The average molecular weight is 576 g/mol. The van der Waals surface area contributed by atoms with Crippen LogP contribution in [-0.2, 0) is 0 Å². The molecular weight excluding hydrogens is 543 g/mol. The van der Waals surface area contributed by atoms with Crippen molar-refractivity contribution in [3.05, 3.63) is 54.2 Å². The Morgan fingerprint density at radius 1 is 1.18 bits per heavy atom. The number of aromatic hydroxyl groups is 1. The summed E-state index contributed by atoms with van der Waals surface area (Å²) in [5.74, 6) is 1.42. The lowest BCUT2D eigenvalue weighted by Gasteiger charge is -2.34. The van der Waals surface area contributed by atoms with E-state index in [2.05, 4.69) is 35.5 Å². The van der Waals surface area contributed by atoms with Gasteiger partial charge in [0.2, 0.25) is 5.88 Å². The summed E-state index contributed by atoms with van der Waals surface area (Å²) < 4.78 is 49.5. The average Bonchev–Trinajstić information content (AvgIpc) is 3.46. The molecule has 2 fully saturated rings. The molecule has 3 heterocycles. The molecule has 40 heavy (non-hydrogen) atoms. The smallest absolute Gasteiger partial charge is 0.394 e. The summed E-state index contributed by atoms with van der Waals surface area (Å²) in [4.78, 5) is 21.0. The summed E-state index contributed by atoms with van der Waals surface area (Å²) in [6, 6.07) is 11.5. The molecule has 3 aromatic rings. The Morgan fingerprint density at radius 3 is 2.52 bits per heavy atom. The van der Waals surface area contributed by atoms with Crippen molar-refractivity contribution in [3.63, 3.8) is 0 Å². The third kappa shape index (κ3) is 5.86. The number of halogens is 3. The maximum absolute atomic E-state index is 13.3. The number of alkyl halides is 3. The summed E-state index contributed by atoms with van der Waals surface area (Å²) >= 11 is 1.14. The fourth-order valence-corrected chi connectivity index (χ4v) is 5.86. The maximum Gasteiger partial charge on any atom is 0.394 e. The van der Waals surface area contributed by atoms with E-state index in [0.29, 0.717) is 23.1 Å². The van der Waals surface area contributed by atoms with E-state index in [1.165, 1.54) is 4.68 Å². The Bertz CT molecular complexity index is 1370. The number of amides is 1. The van der Waals surface area contributed by atoms with E-state index in [1.807, 2.05) is 0 Å². The summed E-state index contributed by atoms with van der Waals surface area (Å²) in [6.07, 6.45) is -1.47. The van der Waals surface area contributed by atoms with Crippen molar-refractivity contribution in [1.82, 2.24) is 19.5 Å². The van der Waals surface area contributed by atoms with Gasteiger partial charge in [0.15, 0.2) is 5.82 Å². The second kappa shape index (κ2) is 10.5. The monoisotopic (exact) mass is 575 g/mol. The molecule has 214 valence electrons. The zero-order chi connectivity index (χ0) is 28.7. The number of ether oxygens (including phenoxy) is 1. The quantitative estimate of drug-likeness (QED) is 0.296. The number of nitrogens with zero attached hydrogens (tertiary/aromatic N) is 4. The van der Waals surface area contributed by atoms with E-state index < -0.39 is 11.6 Å². The van der Waals surface area contributed by atoms with Gasteiger partial charge in [-0.3, -0.25) is 9.52 Å². The lowest BCUT2D eigenvalue weighted by atomic mass is 9.97. The Kier molecular flexibility index (Phi) is 7.41. The van der Waals surface area contributed by atoms with E-state index in [9.17, 15) is 23.1 Å². The standard InChI is InChI=1S/C28H32F3N5O3S/c1-18-16-26(2,3)35(17-18)24-21(25(38)34-40-20-6-4-19(37)5-7-20)8-9-22(32-24)36-14-10-23(33-36)39-15-13-27(11-12-27)28(29,30)31/h4-10,14,18,37H,11-13,15-17H2,1-3H3,(H,34,38). The number of aromatic nitrogens is 3. The van der Waals surface area contributed by atoms with Crippen molar-refractivity contribution in [1.29, 1.82) is 0 Å². The van der Waals surface area contributed by atoms with Crippen molar-refractivity contribution in [2.75, 3.05) is 18.1 Å². The predicted octanol–water partition coefficient (Wildman–Crippen LogP) is 6.15. The first-order chi connectivity index (χ1) is 18.9. The number of hydrogen-bond donors (Lipinski definition) is 2. The molecule has 1 aliphatic carbocycles. The highest BCUT2D eigenvalue weighted by atomic mass is 32.2. The van der Waals surface area contributed by atoms with Gasteiger partial charge < -0.3 is 14.7 Å². The molecule has 8 nitrogen and oxygen atoms in total. The minimum Gasteiger partial charge on any atom is -0.508 e. The van der Waals surface area contributed by atoms with Crippen LogP contribution in [0, 0.1) is 11.3 Å². The molecule has 1 amide bonds. The first-order valence-corrected chi connectivity index (χ1v) is 14.0. The third-order valence-corrected chi connectivity index (χ3v) is 8.41. The molecule has 1 unspecified atom stereocenters. The van der Waals surface area contributed by atoms with Crippen LogP contribution in [0.3, 0.4) is 0 Å². The first kappa shape index (κ1) is 28.1. The van der Waals surface area contributed by atoms with Gasteiger partial charge in [-0.2, -0.15) is 13.2 Å². The molecule has 0 spiro atoms. The Labute approximate surface area is 235 Å². The molecule has 0 radical (unpaired) electrons. The number of rotatable bonds is 9. The number of pyridine rings is 1. The summed E-state index contributed by atoms with van der Waals surface area (Å²) in [5, 5.41) is 13.9. The van der Waals surface area contributed by atoms with Crippen molar-refractivity contribution in [2.45, 2.75) is 63.1 Å². The molecule has 12 heteroatoms. The zero-order valence-corrected chi connectivity index (χ0v) is 23.3. The van der Waals surface area contributed by atoms with Crippen molar-refractivity contribution >= 4 is 23.7 Å². The highest BCUT2D eigenvalue weighted by molar-refractivity contribution is 7.98. The minimum atomic E-state index is -4.21. The number of benzene rings is 1. The van der Waals surface area contributed by atoms with Crippen LogP contribution < -0.4 is 14.4 Å². The number of nitrogens with one attached hydrogen (secondary N) is 1. The molecule has 2 aromatic heterocycles. The Morgan fingerprint density at radius 2 is 1.90 bits per heavy atom. The molecule has 5 rings (SSSR count). The number of anilines is 1. The summed E-state index contributed by atoms with van der Waals surface area (Å²) in [7, 11) is 0. The van der Waals surface area contributed by atoms with Crippen LogP contribution in [0.25, 0.3) is 5.82 Å². The van der Waals surface area contributed by atoms with E-state index >= 15 is 0 Å². The lowest BCUT2D eigenvalue weighted by Crippen LogP contribution is -2.40. The molecule has 2 N–H and O–H groups in total. The third-order valence-electron chi connectivity index (χ3n) is 7.62. The first-order valence-electron chi connectivity index (χ1n) is 13.2. The molecule has 1 saturated heterocycles. The minimum absolute atomic E-state index is 0.0765. The van der Waals surface area contributed by atoms with E-state index in [4.69, 9.17) is 9.72 Å². The summed E-state index contributed by atoms with van der Waals surface area (Å²) in [5.41, 5.74) is -1.45. The number of carbonyl (C=O) groups excluding carboxylic acids is 1. The van der Waals surface area contributed by atoms with Gasteiger partial charge in [0.1, 0.15) is 11.6 Å². The van der Waals surface area contributed by atoms with Gasteiger partial charge in [-0.25, -0.2) is 9.67 Å². The van der Waals surface area contributed by atoms with Crippen LogP contribution in [-0.4, -0.2) is 50.6 Å². The van der Waals surface area contributed by atoms with Crippen LogP contribution in [0.1, 0.15) is 56.8 Å². The van der Waals surface area contributed by atoms with Crippen molar-refractivity contribution in [2.24, 2.45) is 11.3 Å². The van der Waals surface area contributed by atoms with Crippen molar-refractivity contribution in [3.8, 4) is 17.4 Å². The Hall–Kier alpha value is -3.41. The van der Waals surface area contributed by atoms with Gasteiger partial charge in [-0.15, -0.1) is 5.10 Å². The van der Waals surface area contributed by atoms with Crippen LogP contribution >= 0.6 is 11.9 Å². The van der Waals surface area contributed by atoms with Gasteiger partial charge in [0.25, 0.3) is 5.91 Å². The Balaban J connectivity index is 1.35. The number of phenols is 1. The lowest BCUT2D eigenvalue weighted by molar-refractivity contribution is -0.190. The van der Waals surface area contributed by atoms with Crippen LogP contribution in [0.2, 0.25) is 0 Å². The van der Waals surface area contributed by atoms with Gasteiger partial charge in [0.05, 0.1) is 17.6 Å². The molecule has 2 aliphatic rings. The van der Waals surface area contributed by atoms with E-state index in [1.54, 1.807) is 48.7 Å². The molecule has 0 bridgehead atoms. The van der Waals surface area contributed by atoms with Gasteiger partial charge >= 0.3 is 6.18 Å². The fraction of sp³-hybridized carbons (Fsp3) is 0.464. The van der Waals surface area contributed by atoms with Crippen LogP contribution in [0.5, 0.6) is 11.6 Å². The molecule has 1 saturated carbocycles. The van der Waals surface area contributed by atoms with Gasteiger partial charge in [-0.1, -0.05) is 6.92 Å². The van der Waals surface area contributed by atoms with Crippen molar-refractivity contribution < 1.29 is 27.8 Å². The fourth-order valence-electron chi connectivity index (χ4n) is 5.27. The van der Waals surface area contributed by atoms with Crippen LogP contribution in [0.4, 0.5) is 19.0 Å². The largest absolute Gasteiger partial charge is 0.508 e. The van der Waals surface area contributed by atoms with E-state index in [0.717, 1.165) is 29.8 Å². The predicted molar refractivity (Wildman–Crippen MR) is 146 cm³/mol. The molecule has 1 aromatic carbocycles. The van der Waals surface area contributed by atoms with Crippen LogP contribution in [0.15, 0.2) is 53.6 Å². The maximum atomic E-state index is 13.3. The molecule has 1 atom stereocenters. The second-order valence-corrected chi connectivity index (χ2v) is 12.2. The number of phenolic OH excluding ortho intramolecular Hbond substituents is 1. The number of hydrogen-bond acceptors (Lipinski definition) is 7. The number of carbonyl (C=O) groups is 1.